The Hall–Kier alpha value is -0.320. The van der Waals surface area contributed by atoms with Gasteiger partial charge in [-0.2, -0.15) is 0 Å². The van der Waals surface area contributed by atoms with Crippen molar-refractivity contribution in [2.75, 3.05) is 46.9 Å². The van der Waals surface area contributed by atoms with Gasteiger partial charge in [-0.05, 0) is 27.9 Å². The van der Waals surface area contributed by atoms with E-state index in [1.165, 1.54) is 5.69 Å². The molecule has 1 unspecified atom stereocenters. The average molecular weight is 542 g/mol. The van der Waals surface area contributed by atoms with E-state index in [2.05, 4.69) is 80.8 Å². The van der Waals surface area contributed by atoms with Crippen molar-refractivity contribution in [3.8, 4) is 0 Å². The molecule has 26 heavy (non-hydrogen) atoms. The Morgan fingerprint density at radius 2 is 2.04 bits per heavy atom. The first-order valence-electron chi connectivity index (χ1n) is 8.96. The van der Waals surface area contributed by atoms with Crippen LogP contribution in [-0.2, 0) is 18.3 Å². The SMILES string of the molecule is CN=C(NCC(C(C)C)N1CCOCC1)N(C)Cc1cc(Br)cn1C.I. The van der Waals surface area contributed by atoms with Crippen molar-refractivity contribution in [2.45, 2.75) is 26.4 Å². The van der Waals surface area contributed by atoms with Crippen LogP contribution in [0, 0.1) is 5.92 Å². The normalized spacial score (nSPS) is 17.1. The van der Waals surface area contributed by atoms with E-state index < -0.39 is 0 Å². The summed E-state index contributed by atoms with van der Waals surface area (Å²) in [4.78, 5) is 9.16. The van der Waals surface area contributed by atoms with E-state index >= 15 is 0 Å². The van der Waals surface area contributed by atoms with E-state index in [1.807, 2.05) is 7.05 Å². The van der Waals surface area contributed by atoms with Crippen molar-refractivity contribution >= 4 is 45.9 Å². The van der Waals surface area contributed by atoms with Gasteiger partial charge in [-0.1, -0.05) is 13.8 Å². The van der Waals surface area contributed by atoms with Crippen LogP contribution in [0.5, 0.6) is 0 Å². The van der Waals surface area contributed by atoms with E-state index in [-0.39, 0.29) is 24.0 Å². The van der Waals surface area contributed by atoms with Crippen molar-refractivity contribution in [3.05, 3.63) is 22.4 Å². The number of hydrogen-bond donors (Lipinski definition) is 1. The minimum Gasteiger partial charge on any atom is -0.379 e. The molecule has 1 saturated heterocycles. The third-order valence-corrected chi connectivity index (χ3v) is 5.23. The van der Waals surface area contributed by atoms with Gasteiger partial charge < -0.3 is 19.5 Å². The third-order valence-electron chi connectivity index (χ3n) is 4.80. The molecule has 0 saturated carbocycles. The van der Waals surface area contributed by atoms with Crippen LogP contribution in [0.3, 0.4) is 0 Å². The molecule has 8 heteroatoms. The maximum Gasteiger partial charge on any atom is 0.193 e. The van der Waals surface area contributed by atoms with Crippen LogP contribution in [-0.4, -0.2) is 73.3 Å². The Balaban J connectivity index is 0.00000338. The number of nitrogens with one attached hydrogen (secondary N) is 1. The van der Waals surface area contributed by atoms with Gasteiger partial charge in [-0.25, -0.2) is 0 Å². The summed E-state index contributed by atoms with van der Waals surface area (Å²) < 4.78 is 8.74. The number of aliphatic imine (C=N–C) groups is 1. The first-order chi connectivity index (χ1) is 11.9. The maximum atomic E-state index is 5.49. The van der Waals surface area contributed by atoms with Crippen molar-refractivity contribution in [2.24, 2.45) is 18.0 Å². The Morgan fingerprint density at radius 3 is 2.54 bits per heavy atom. The average Bonchev–Trinajstić information content (AvgIpc) is 2.89. The second-order valence-corrected chi connectivity index (χ2v) is 7.92. The summed E-state index contributed by atoms with van der Waals surface area (Å²) in [5.74, 6) is 1.51. The van der Waals surface area contributed by atoms with Gasteiger partial charge in [0.05, 0.1) is 19.8 Å². The van der Waals surface area contributed by atoms with Gasteiger partial charge in [0.2, 0.25) is 0 Å². The number of hydrogen-bond acceptors (Lipinski definition) is 3. The van der Waals surface area contributed by atoms with E-state index in [0.717, 1.165) is 49.8 Å². The fraction of sp³-hybridized carbons (Fsp3) is 0.722. The van der Waals surface area contributed by atoms with Crippen molar-refractivity contribution in [1.29, 1.82) is 0 Å². The van der Waals surface area contributed by atoms with Crippen LogP contribution in [0.4, 0.5) is 0 Å². The number of nitrogens with zero attached hydrogens (tertiary/aromatic N) is 4. The number of guanidine groups is 1. The lowest BCUT2D eigenvalue weighted by molar-refractivity contribution is 0.00741. The molecule has 1 atom stereocenters. The lowest BCUT2D eigenvalue weighted by Gasteiger charge is -2.37. The Kier molecular flexibility index (Phi) is 10.5. The molecule has 6 nitrogen and oxygen atoms in total. The first-order valence-corrected chi connectivity index (χ1v) is 9.76. The Morgan fingerprint density at radius 1 is 1.38 bits per heavy atom. The van der Waals surface area contributed by atoms with Gasteiger partial charge in [-0.15, -0.1) is 24.0 Å². The summed E-state index contributed by atoms with van der Waals surface area (Å²) >= 11 is 3.54. The lowest BCUT2D eigenvalue weighted by Crippen LogP contribution is -2.52. The van der Waals surface area contributed by atoms with E-state index in [0.29, 0.717) is 12.0 Å². The molecule has 150 valence electrons. The Labute approximate surface area is 183 Å². The molecular formula is C18H33BrIN5O. The van der Waals surface area contributed by atoms with Crippen LogP contribution in [0.25, 0.3) is 0 Å². The van der Waals surface area contributed by atoms with Gasteiger partial charge in [0.15, 0.2) is 5.96 Å². The first kappa shape index (κ1) is 23.7. The number of rotatable bonds is 6. The highest BCUT2D eigenvalue weighted by atomic mass is 127. The van der Waals surface area contributed by atoms with Crippen LogP contribution >= 0.6 is 39.9 Å². The smallest absolute Gasteiger partial charge is 0.193 e. The largest absolute Gasteiger partial charge is 0.379 e. The number of ether oxygens (including phenoxy) is 1. The molecule has 0 spiro atoms. The van der Waals surface area contributed by atoms with Crippen LogP contribution in [0.2, 0.25) is 0 Å². The molecule has 1 N–H and O–H groups in total. The third kappa shape index (κ3) is 6.69. The molecule has 0 radical (unpaired) electrons. The van der Waals surface area contributed by atoms with Gasteiger partial charge in [0, 0.05) is 63.2 Å². The minimum atomic E-state index is 0. The van der Waals surface area contributed by atoms with Crippen LogP contribution in [0.1, 0.15) is 19.5 Å². The second kappa shape index (κ2) is 11.5. The summed E-state index contributed by atoms with van der Waals surface area (Å²) in [5.41, 5.74) is 1.24. The number of aromatic nitrogens is 1. The Bertz CT molecular complexity index is 572. The quantitative estimate of drug-likeness (QED) is 0.342. The zero-order chi connectivity index (χ0) is 18.4. The summed E-state index contributed by atoms with van der Waals surface area (Å²) in [6, 6.07) is 2.63. The molecule has 0 bridgehead atoms. The second-order valence-electron chi connectivity index (χ2n) is 7.00. The van der Waals surface area contributed by atoms with Gasteiger partial charge >= 0.3 is 0 Å². The molecule has 0 amide bonds. The zero-order valence-electron chi connectivity index (χ0n) is 16.5. The summed E-state index contributed by atoms with van der Waals surface area (Å²) in [7, 11) is 5.99. The summed E-state index contributed by atoms with van der Waals surface area (Å²) in [6.07, 6.45) is 2.08. The molecule has 1 aliphatic heterocycles. The molecule has 2 rings (SSSR count). The molecule has 1 fully saturated rings. The van der Waals surface area contributed by atoms with Crippen molar-refractivity contribution in [3.63, 3.8) is 0 Å². The van der Waals surface area contributed by atoms with Crippen LogP contribution < -0.4 is 5.32 Å². The predicted octanol–water partition coefficient (Wildman–Crippen LogP) is 2.77. The molecule has 1 aromatic rings. The fourth-order valence-electron chi connectivity index (χ4n) is 3.32. The molecule has 0 aromatic carbocycles. The minimum absolute atomic E-state index is 0. The van der Waals surface area contributed by atoms with Crippen molar-refractivity contribution < 1.29 is 4.74 Å². The van der Waals surface area contributed by atoms with Crippen LogP contribution in [0.15, 0.2) is 21.7 Å². The topological polar surface area (TPSA) is 45.0 Å². The summed E-state index contributed by atoms with van der Waals surface area (Å²) in [6.45, 7) is 9.97. The number of morpholine rings is 1. The highest BCUT2D eigenvalue weighted by Gasteiger charge is 2.24. The van der Waals surface area contributed by atoms with E-state index in [1.54, 1.807) is 0 Å². The molecule has 0 aliphatic carbocycles. The standard InChI is InChI=1S/C18H32BrN5O.HI/c1-14(2)17(24-6-8-25-9-7-24)11-21-18(20-3)23(5)13-16-10-15(19)12-22(16)4;/h10,12,14,17H,6-9,11,13H2,1-5H3,(H,20,21);1H. The van der Waals surface area contributed by atoms with Crippen molar-refractivity contribution in [1.82, 2.24) is 19.7 Å². The number of aryl methyl sites for hydroxylation is 1. The molecule has 1 aromatic heterocycles. The number of halogens is 2. The summed E-state index contributed by atoms with van der Waals surface area (Å²) in [5, 5.41) is 3.57. The lowest BCUT2D eigenvalue weighted by atomic mass is 10.0. The predicted molar refractivity (Wildman–Crippen MR) is 122 cm³/mol. The molecule has 2 heterocycles. The highest BCUT2D eigenvalue weighted by Crippen LogP contribution is 2.15. The molecule has 1 aliphatic rings. The monoisotopic (exact) mass is 541 g/mol. The van der Waals surface area contributed by atoms with Gasteiger partial charge in [0.1, 0.15) is 0 Å². The molecular weight excluding hydrogens is 509 g/mol. The van der Waals surface area contributed by atoms with Gasteiger partial charge in [0.25, 0.3) is 0 Å². The van der Waals surface area contributed by atoms with E-state index in [4.69, 9.17) is 4.74 Å². The highest BCUT2D eigenvalue weighted by molar-refractivity contribution is 14.0. The van der Waals surface area contributed by atoms with Gasteiger partial charge in [-0.3, -0.25) is 9.89 Å². The van der Waals surface area contributed by atoms with E-state index in [9.17, 15) is 0 Å². The fourth-order valence-corrected chi connectivity index (χ4v) is 3.89. The maximum absolute atomic E-state index is 5.49. The zero-order valence-corrected chi connectivity index (χ0v) is 20.5.